The van der Waals surface area contributed by atoms with E-state index in [1.165, 1.54) is 6.42 Å². The molecule has 0 heterocycles. The monoisotopic (exact) mass is 149 g/mol. The lowest BCUT2D eigenvalue weighted by molar-refractivity contribution is 0.0483. The number of hydrogen-bond acceptors (Lipinski definition) is 4. The third-order valence-electron chi connectivity index (χ3n) is 1.10. The van der Waals surface area contributed by atoms with Crippen LogP contribution in [0.4, 0.5) is 0 Å². The minimum Gasteiger partial charge on any atom is -0.396 e. The number of rotatable bonds is 5. The summed E-state index contributed by atoms with van der Waals surface area (Å²) >= 11 is 0. The van der Waals surface area contributed by atoms with Crippen LogP contribution in [0.25, 0.3) is 0 Å². The first-order chi connectivity index (χ1) is 4.70. The van der Waals surface area contributed by atoms with Crippen molar-refractivity contribution in [2.75, 3.05) is 13.2 Å². The quantitative estimate of drug-likeness (QED) is 0.375. The highest BCUT2D eigenvalue weighted by Crippen LogP contribution is 1.99. The molecule has 0 saturated heterocycles. The molecule has 0 aromatic heterocycles. The van der Waals surface area contributed by atoms with Gasteiger partial charge < -0.3 is 20.4 Å². The minimum atomic E-state index is -0.905. The van der Waals surface area contributed by atoms with Crippen LogP contribution in [0, 0.1) is 6.42 Å². The lowest BCUT2D eigenvalue weighted by Gasteiger charge is -2.11. The zero-order chi connectivity index (χ0) is 7.98. The lowest BCUT2D eigenvalue weighted by Crippen LogP contribution is -2.21. The molecular weight excluding hydrogens is 136 g/mol. The predicted molar refractivity (Wildman–Crippen MR) is 35.1 cm³/mol. The summed E-state index contributed by atoms with van der Waals surface area (Å²) in [6, 6.07) is 0. The van der Waals surface area contributed by atoms with Crippen molar-refractivity contribution < 1.29 is 20.4 Å². The summed E-state index contributed by atoms with van der Waals surface area (Å²) in [4.78, 5) is 0. The van der Waals surface area contributed by atoms with Crippen molar-refractivity contribution >= 4 is 0 Å². The van der Waals surface area contributed by atoms with Crippen LogP contribution in [-0.4, -0.2) is 45.8 Å². The fourth-order valence-electron chi connectivity index (χ4n) is 0.571. The zero-order valence-electron chi connectivity index (χ0n) is 5.64. The van der Waals surface area contributed by atoms with Gasteiger partial charge in [-0.2, -0.15) is 0 Å². The van der Waals surface area contributed by atoms with Crippen LogP contribution in [0.15, 0.2) is 0 Å². The second-order valence-electron chi connectivity index (χ2n) is 2.06. The van der Waals surface area contributed by atoms with Gasteiger partial charge in [0.15, 0.2) is 0 Å². The molecule has 0 rings (SSSR count). The summed E-state index contributed by atoms with van der Waals surface area (Å²) in [5.74, 6) is 0. The molecule has 0 saturated carbocycles. The molecule has 0 aromatic carbocycles. The minimum absolute atomic E-state index is 0.0665. The SMILES string of the molecule is OC[CH]C(O)CC(O)CO. The van der Waals surface area contributed by atoms with Crippen molar-refractivity contribution in [3.05, 3.63) is 6.42 Å². The first-order valence-electron chi connectivity index (χ1n) is 3.12. The third kappa shape index (κ3) is 4.69. The Balaban J connectivity index is 3.27. The fraction of sp³-hybridized carbons (Fsp3) is 0.833. The van der Waals surface area contributed by atoms with Gasteiger partial charge in [-0.25, -0.2) is 0 Å². The van der Waals surface area contributed by atoms with Crippen molar-refractivity contribution in [3.63, 3.8) is 0 Å². The van der Waals surface area contributed by atoms with Crippen molar-refractivity contribution in [1.29, 1.82) is 0 Å². The normalized spacial score (nSPS) is 16.8. The van der Waals surface area contributed by atoms with Crippen molar-refractivity contribution in [3.8, 4) is 0 Å². The summed E-state index contributed by atoms with van der Waals surface area (Å²) in [5, 5.41) is 34.2. The first kappa shape index (κ1) is 9.84. The van der Waals surface area contributed by atoms with Crippen molar-refractivity contribution in [2.45, 2.75) is 18.6 Å². The van der Waals surface area contributed by atoms with Gasteiger partial charge in [0.05, 0.1) is 18.8 Å². The van der Waals surface area contributed by atoms with Gasteiger partial charge in [-0.1, -0.05) is 0 Å². The molecule has 2 unspecified atom stereocenters. The van der Waals surface area contributed by atoms with Gasteiger partial charge in [-0.3, -0.25) is 0 Å². The Bertz CT molecular complexity index is 76.1. The second-order valence-corrected chi connectivity index (χ2v) is 2.06. The lowest BCUT2D eigenvalue weighted by atomic mass is 10.1. The Kier molecular flexibility index (Phi) is 5.52. The Labute approximate surface area is 59.7 Å². The third-order valence-corrected chi connectivity index (χ3v) is 1.10. The molecule has 0 aliphatic heterocycles. The maximum atomic E-state index is 8.86. The Morgan fingerprint density at radius 2 is 1.80 bits per heavy atom. The predicted octanol–water partition coefficient (Wildman–Crippen LogP) is -1.71. The molecule has 4 nitrogen and oxygen atoms in total. The standard InChI is InChI=1S/C6H13O4/c7-2-1-5(9)3-6(10)4-8/h1,5-10H,2-4H2. The molecule has 0 amide bonds. The van der Waals surface area contributed by atoms with Crippen LogP contribution < -0.4 is 0 Å². The van der Waals surface area contributed by atoms with Gasteiger partial charge in [-0.15, -0.1) is 0 Å². The molecule has 4 N–H and O–H groups in total. The van der Waals surface area contributed by atoms with Gasteiger partial charge in [0, 0.05) is 19.4 Å². The molecule has 0 bridgehead atoms. The van der Waals surface area contributed by atoms with E-state index >= 15 is 0 Å². The van der Waals surface area contributed by atoms with E-state index in [0.29, 0.717) is 0 Å². The molecule has 2 atom stereocenters. The van der Waals surface area contributed by atoms with Crippen LogP contribution in [0.3, 0.4) is 0 Å². The number of aliphatic hydroxyl groups excluding tert-OH is 4. The van der Waals surface area contributed by atoms with Crippen LogP contribution in [-0.2, 0) is 0 Å². The van der Waals surface area contributed by atoms with Crippen LogP contribution in [0.1, 0.15) is 6.42 Å². The van der Waals surface area contributed by atoms with Crippen molar-refractivity contribution in [2.24, 2.45) is 0 Å². The van der Waals surface area contributed by atoms with Gasteiger partial charge in [0.1, 0.15) is 0 Å². The highest BCUT2D eigenvalue weighted by atomic mass is 16.3. The summed E-state index contributed by atoms with van der Waals surface area (Å²) in [5.41, 5.74) is 0. The second kappa shape index (κ2) is 5.61. The Morgan fingerprint density at radius 3 is 2.20 bits per heavy atom. The molecule has 1 radical (unpaired) electrons. The van der Waals surface area contributed by atoms with E-state index in [4.69, 9.17) is 20.4 Å². The maximum Gasteiger partial charge on any atom is 0.0795 e. The van der Waals surface area contributed by atoms with E-state index < -0.39 is 12.2 Å². The van der Waals surface area contributed by atoms with E-state index in [1.807, 2.05) is 0 Å². The molecule has 0 spiro atoms. The van der Waals surface area contributed by atoms with Gasteiger partial charge in [0.2, 0.25) is 0 Å². The average molecular weight is 149 g/mol. The largest absolute Gasteiger partial charge is 0.396 e. The highest BCUT2D eigenvalue weighted by Gasteiger charge is 2.09. The Hall–Kier alpha value is -0.160. The molecular formula is C6H13O4. The first-order valence-corrected chi connectivity index (χ1v) is 3.12. The van der Waals surface area contributed by atoms with E-state index in [0.717, 1.165) is 0 Å². The maximum absolute atomic E-state index is 8.86. The topological polar surface area (TPSA) is 80.9 Å². The summed E-state index contributed by atoms with van der Waals surface area (Å²) in [7, 11) is 0. The van der Waals surface area contributed by atoms with Crippen LogP contribution in [0.2, 0.25) is 0 Å². The number of hydrogen-bond donors (Lipinski definition) is 4. The van der Waals surface area contributed by atoms with Gasteiger partial charge in [0.25, 0.3) is 0 Å². The molecule has 10 heavy (non-hydrogen) atoms. The van der Waals surface area contributed by atoms with Crippen LogP contribution in [0.5, 0.6) is 0 Å². The van der Waals surface area contributed by atoms with E-state index in [1.54, 1.807) is 0 Å². The molecule has 61 valence electrons. The zero-order valence-corrected chi connectivity index (χ0v) is 5.64. The molecule has 4 heteroatoms. The van der Waals surface area contributed by atoms with Crippen molar-refractivity contribution in [1.82, 2.24) is 0 Å². The molecule has 0 aliphatic carbocycles. The number of aliphatic hydroxyl groups is 4. The van der Waals surface area contributed by atoms with E-state index in [2.05, 4.69) is 0 Å². The smallest absolute Gasteiger partial charge is 0.0795 e. The highest BCUT2D eigenvalue weighted by molar-refractivity contribution is 4.76. The summed E-state index contributed by atoms with van der Waals surface area (Å²) in [6.45, 7) is -0.588. The molecule has 0 aromatic rings. The molecule has 0 fully saturated rings. The van der Waals surface area contributed by atoms with Crippen LogP contribution >= 0.6 is 0 Å². The van der Waals surface area contributed by atoms with Gasteiger partial charge >= 0.3 is 0 Å². The Morgan fingerprint density at radius 1 is 1.20 bits per heavy atom. The molecule has 0 aliphatic rings. The van der Waals surface area contributed by atoms with E-state index in [-0.39, 0.29) is 19.6 Å². The summed E-state index contributed by atoms with van der Waals surface area (Å²) in [6.07, 6.45) is -0.430. The fourth-order valence-corrected chi connectivity index (χ4v) is 0.571. The van der Waals surface area contributed by atoms with Gasteiger partial charge in [-0.05, 0) is 0 Å². The summed E-state index contributed by atoms with van der Waals surface area (Å²) < 4.78 is 0. The van der Waals surface area contributed by atoms with E-state index in [9.17, 15) is 0 Å². The average Bonchev–Trinajstić information content (AvgIpc) is 1.88.